The molecule has 0 amide bonds. The molecule has 1 aliphatic rings. The van der Waals surface area contributed by atoms with Crippen LogP contribution in [0.2, 0.25) is 0 Å². The summed E-state index contributed by atoms with van der Waals surface area (Å²) in [7, 11) is 6.20. The molecule has 0 aliphatic heterocycles. The van der Waals surface area contributed by atoms with E-state index in [0.717, 1.165) is 11.3 Å². The minimum absolute atomic E-state index is 0.0610. The highest BCUT2D eigenvalue weighted by Gasteiger charge is 2.32. The second kappa shape index (κ2) is 9.75. The van der Waals surface area contributed by atoms with E-state index in [1.165, 1.54) is 21.3 Å². The molecule has 2 aromatic rings. The van der Waals surface area contributed by atoms with Crippen LogP contribution in [-0.4, -0.2) is 61.2 Å². The molecule has 1 aromatic carbocycles. The van der Waals surface area contributed by atoms with Crippen molar-refractivity contribution in [2.75, 3.05) is 28.4 Å². The van der Waals surface area contributed by atoms with Gasteiger partial charge in [-0.05, 0) is 45.2 Å². The summed E-state index contributed by atoms with van der Waals surface area (Å²) in [4.78, 5) is 13.5. The molecule has 0 saturated carbocycles. The minimum Gasteiger partial charge on any atom is -0.493 e. The normalized spacial score (nSPS) is 18.1. The quantitative estimate of drug-likeness (QED) is 0.451. The Hall–Kier alpha value is -2.84. The number of carbonyl (C=O) groups is 1. The molecule has 32 heavy (non-hydrogen) atoms. The van der Waals surface area contributed by atoms with Crippen LogP contribution in [-0.2, 0) is 11.2 Å². The Balaban J connectivity index is 2.02. The topological polar surface area (TPSA) is 103 Å². The first kappa shape index (κ1) is 23.8. The third-order valence-electron chi connectivity index (χ3n) is 5.80. The molecule has 8 nitrogen and oxygen atoms in total. The van der Waals surface area contributed by atoms with Crippen LogP contribution >= 0.6 is 0 Å². The fourth-order valence-electron chi connectivity index (χ4n) is 4.11. The van der Waals surface area contributed by atoms with E-state index in [9.17, 15) is 9.90 Å². The van der Waals surface area contributed by atoms with E-state index >= 15 is 0 Å². The third kappa shape index (κ3) is 4.81. The number of ether oxygens (including phenoxy) is 4. The van der Waals surface area contributed by atoms with E-state index in [0.29, 0.717) is 47.8 Å². The zero-order valence-electron chi connectivity index (χ0n) is 19.5. The van der Waals surface area contributed by atoms with Crippen LogP contribution in [0.5, 0.6) is 17.2 Å². The monoisotopic (exact) mass is 444 g/mol. The molecule has 0 saturated heterocycles. The lowest BCUT2D eigenvalue weighted by Crippen LogP contribution is -2.24. The zero-order valence-corrected chi connectivity index (χ0v) is 19.5. The summed E-state index contributed by atoms with van der Waals surface area (Å²) < 4.78 is 21.8. The fraction of sp³-hybridized carbons (Fsp3) is 0.500. The second-order valence-electron chi connectivity index (χ2n) is 8.50. The minimum atomic E-state index is -0.802. The lowest BCUT2D eigenvalue weighted by Gasteiger charge is -2.25. The highest BCUT2D eigenvalue weighted by molar-refractivity contribution is 6.09. The van der Waals surface area contributed by atoms with Crippen LogP contribution in [0.1, 0.15) is 59.9 Å². The van der Waals surface area contributed by atoms with E-state index in [4.69, 9.17) is 18.9 Å². The van der Waals surface area contributed by atoms with Gasteiger partial charge in [0.25, 0.3) is 0 Å². The Labute approximate surface area is 188 Å². The zero-order chi connectivity index (χ0) is 23.5. The Morgan fingerprint density at radius 2 is 1.81 bits per heavy atom. The van der Waals surface area contributed by atoms with E-state index in [1.54, 1.807) is 33.1 Å². The predicted molar refractivity (Wildman–Crippen MR) is 120 cm³/mol. The molecule has 1 aliphatic carbocycles. The lowest BCUT2D eigenvalue weighted by molar-refractivity contribution is 0.0544. The number of aromatic amines is 1. The van der Waals surface area contributed by atoms with Gasteiger partial charge in [0, 0.05) is 29.8 Å². The molecule has 0 spiro atoms. The molecule has 8 heteroatoms. The van der Waals surface area contributed by atoms with Gasteiger partial charge < -0.3 is 24.1 Å². The van der Waals surface area contributed by atoms with Crippen molar-refractivity contribution >= 4 is 5.78 Å². The smallest absolute Gasteiger partial charge is 0.213 e. The number of rotatable bonds is 9. The first-order chi connectivity index (χ1) is 15.2. The van der Waals surface area contributed by atoms with Gasteiger partial charge in [0.1, 0.15) is 5.69 Å². The number of benzene rings is 1. The van der Waals surface area contributed by atoms with Crippen molar-refractivity contribution in [3.8, 4) is 17.2 Å². The number of H-pyrrole nitrogens is 1. The fourth-order valence-corrected chi connectivity index (χ4v) is 4.11. The Morgan fingerprint density at radius 3 is 2.34 bits per heavy atom. The van der Waals surface area contributed by atoms with Gasteiger partial charge in [0.15, 0.2) is 11.5 Å². The first-order valence-electron chi connectivity index (χ1n) is 10.6. The Kier molecular flexibility index (Phi) is 7.26. The van der Waals surface area contributed by atoms with Crippen molar-refractivity contribution in [3.63, 3.8) is 0 Å². The predicted octanol–water partition coefficient (Wildman–Crippen LogP) is 3.43. The molecule has 0 fully saturated rings. The molecule has 2 N–H and O–H groups in total. The van der Waals surface area contributed by atoms with E-state index in [1.807, 2.05) is 12.2 Å². The number of allylic oxidation sites excluding steroid dienone is 1. The Morgan fingerprint density at radius 1 is 1.16 bits per heavy atom. The summed E-state index contributed by atoms with van der Waals surface area (Å²) >= 11 is 0. The maximum Gasteiger partial charge on any atom is 0.213 e. The first-order valence-corrected chi connectivity index (χ1v) is 10.6. The summed E-state index contributed by atoms with van der Waals surface area (Å²) in [6, 6.07) is 3.25. The van der Waals surface area contributed by atoms with Gasteiger partial charge in [0.2, 0.25) is 11.5 Å². The maximum atomic E-state index is 13.5. The number of fused-ring (bicyclic) bond motifs is 1. The van der Waals surface area contributed by atoms with Crippen molar-refractivity contribution in [2.24, 2.45) is 0 Å². The average Bonchev–Trinajstić information content (AvgIpc) is 3.10. The summed E-state index contributed by atoms with van der Waals surface area (Å²) in [5, 5.41) is 17.7. The number of methoxy groups -OCH3 is 4. The highest BCUT2D eigenvalue weighted by Crippen LogP contribution is 2.40. The van der Waals surface area contributed by atoms with Crippen LogP contribution in [0, 0.1) is 0 Å². The number of nitrogens with one attached hydrogen (secondary N) is 1. The molecule has 2 atom stereocenters. The van der Waals surface area contributed by atoms with Gasteiger partial charge >= 0.3 is 0 Å². The lowest BCUT2D eigenvalue weighted by atomic mass is 9.87. The van der Waals surface area contributed by atoms with Crippen LogP contribution < -0.4 is 14.2 Å². The Bertz CT molecular complexity index is 964. The summed E-state index contributed by atoms with van der Waals surface area (Å²) in [5.41, 5.74) is 1.63. The van der Waals surface area contributed by atoms with E-state index in [-0.39, 0.29) is 17.8 Å². The van der Waals surface area contributed by atoms with Crippen LogP contribution in [0.25, 0.3) is 0 Å². The molecule has 174 valence electrons. The average molecular weight is 445 g/mol. The van der Waals surface area contributed by atoms with Crippen molar-refractivity contribution < 1.29 is 28.8 Å². The number of aromatic nitrogens is 2. The number of aliphatic hydroxyl groups is 1. The van der Waals surface area contributed by atoms with Gasteiger partial charge in [0.05, 0.1) is 33.0 Å². The third-order valence-corrected chi connectivity index (χ3v) is 5.80. The van der Waals surface area contributed by atoms with Crippen molar-refractivity contribution in [1.82, 2.24) is 10.2 Å². The van der Waals surface area contributed by atoms with Gasteiger partial charge in [-0.3, -0.25) is 9.89 Å². The van der Waals surface area contributed by atoms with Gasteiger partial charge in [-0.15, -0.1) is 0 Å². The summed E-state index contributed by atoms with van der Waals surface area (Å²) in [5.74, 6) is 0.921. The maximum absolute atomic E-state index is 13.5. The van der Waals surface area contributed by atoms with Crippen LogP contribution in [0.15, 0.2) is 24.3 Å². The van der Waals surface area contributed by atoms with Crippen LogP contribution in [0.4, 0.5) is 0 Å². The largest absolute Gasteiger partial charge is 0.493 e. The van der Waals surface area contributed by atoms with Gasteiger partial charge in [-0.25, -0.2) is 0 Å². The molecule has 2 unspecified atom stereocenters. The molecule has 1 heterocycles. The van der Waals surface area contributed by atoms with Gasteiger partial charge in [-0.2, -0.15) is 5.10 Å². The van der Waals surface area contributed by atoms with E-state index in [2.05, 4.69) is 10.2 Å². The summed E-state index contributed by atoms with van der Waals surface area (Å²) in [6.45, 7) is 3.57. The number of hydrogen-bond donors (Lipinski definition) is 2. The number of nitrogens with zero attached hydrogens (tertiary/aromatic N) is 1. The number of hydrogen-bond acceptors (Lipinski definition) is 7. The number of carbonyl (C=O) groups excluding carboxylic acids is 1. The molecule has 1 aromatic heterocycles. The van der Waals surface area contributed by atoms with E-state index < -0.39 is 5.60 Å². The summed E-state index contributed by atoms with van der Waals surface area (Å²) in [6.07, 6.45) is 5.65. The molecule has 3 rings (SSSR count). The highest BCUT2D eigenvalue weighted by atomic mass is 16.5. The molecular formula is C24H32N2O6. The standard InChI is InChI=1S/C24H32N2O6/c1-24(2,28)11-10-15-17(29-3)9-7-8-16-20(15)25-26-21(16)22(27)14-12-18(30-4)23(32-6)19(13-14)31-5/h7,9,12-13,15,17,28H,8,10-11H2,1-6H3,(H,25,26). The van der Waals surface area contributed by atoms with Crippen LogP contribution in [0.3, 0.4) is 0 Å². The second-order valence-corrected chi connectivity index (χ2v) is 8.50. The SMILES string of the molecule is COc1cc(C(=O)c2n[nH]c3c2CC=CC(OC)C3CCC(C)(C)O)cc(OC)c1OC. The molecule has 0 radical (unpaired) electrons. The molecule has 0 bridgehead atoms. The van der Waals surface area contributed by atoms with Crippen molar-refractivity contribution in [3.05, 3.63) is 46.8 Å². The van der Waals surface area contributed by atoms with Gasteiger partial charge in [-0.1, -0.05) is 12.2 Å². The van der Waals surface area contributed by atoms with Crippen molar-refractivity contribution in [2.45, 2.75) is 50.7 Å². The molecular weight excluding hydrogens is 412 g/mol. The van der Waals surface area contributed by atoms with Crippen molar-refractivity contribution in [1.29, 1.82) is 0 Å². The number of ketones is 1.